The molecule has 2 N–H and O–H groups in total. The van der Waals surface area contributed by atoms with Crippen molar-refractivity contribution in [3.8, 4) is 11.1 Å². The summed E-state index contributed by atoms with van der Waals surface area (Å²) < 4.78 is 2.23. The van der Waals surface area contributed by atoms with Crippen LogP contribution in [0, 0.1) is 12.8 Å². The lowest BCUT2D eigenvalue weighted by Crippen LogP contribution is -2.13. The lowest BCUT2D eigenvalue weighted by molar-refractivity contribution is -0.117. The highest BCUT2D eigenvalue weighted by Crippen LogP contribution is 2.29. The first kappa shape index (κ1) is 16.3. The van der Waals surface area contributed by atoms with Gasteiger partial charge in [-0.05, 0) is 41.7 Å². The Balaban J connectivity index is 2.12. The van der Waals surface area contributed by atoms with Gasteiger partial charge in [-0.2, -0.15) is 0 Å². The van der Waals surface area contributed by atoms with E-state index in [1.807, 2.05) is 0 Å². The Kier molecular flexibility index (Phi) is 4.43. The molecular formula is C21H24N2O. The summed E-state index contributed by atoms with van der Waals surface area (Å²) in [5, 5.41) is 1.12. The van der Waals surface area contributed by atoms with Gasteiger partial charge in [-0.15, -0.1) is 0 Å². The largest absolute Gasteiger partial charge is 0.369 e. The number of aryl methyl sites for hydroxylation is 1. The van der Waals surface area contributed by atoms with Gasteiger partial charge in [0.15, 0.2) is 0 Å². The lowest BCUT2D eigenvalue weighted by atomic mass is 10.0. The average Bonchev–Trinajstić information content (AvgIpc) is 2.84. The summed E-state index contributed by atoms with van der Waals surface area (Å²) in [4.78, 5) is 11.4. The molecule has 0 saturated carbocycles. The minimum Gasteiger partial charge on any atom is -0.369 e. The van der Waals surface area contributed by atoms with Crippen molar-refractivity contribution < 1.29 is 4.79 Å². The van der Waals surface area contributed by atoms with Crippen LogP contribution in [-0.4, -0.2) is 10.5 Å². The van der Waals surface area contributed by atoms with Crippen LogP contribution < -0.4 is 5.73 Å². The van der Waals surface area contributed by atoms with E-state index in [0.717, 1.165) is 28.6 Å². The first-order chi connectivity index (χ1) is 11.4. The predicted molar refractivity (Wildman–Crippen MR) is 99.8 cm³/mol. The Morgan fingerprint density at radius 2 is 1.75 bits per heavy atom. The van der Waals surface area contributed by atoms with Crippen LogP contribution in [0.15, 0.2) is 48.7 Å². The molecule has 0 aliphatic carbocycles. The van der Waals surface area contributed by atoms with E-state index < -0.39 is 0 Å². The van der Waals surface area contributed by atoms with E-state index in [0.29, 0.717) is 5.92 Å². The molecule has 3 aromatic rings. The third-order valence-corrected chi connectivity index (χ3v) is 4.28. The molecule has 124 valence electrons. The molecule has 3 nitrogen and oxygen atoms in total. The molecule has 0 saturated heterocycles. The van der Waals surface area contributed by atoms with Gasteiger partial charge in [-0.25, -0.2) is 0 Å². The zero-order valence-electron chi connectivity index (χ0n) is 14.5. The monoisotopic (exact) mass is 320 g/mol. The molecular weight excluding hydrogens is 296 g/mol. The van der Waals surface area contributed by atoms with Crippen molar-refractivity contribution >= 4 is 16.8 Å². The van der Waals surface area contributed by atoms with E-state index in [1.165, 1.54) is 11.1 Å². The number of fused-ring (bicyclic) bond motifs is 1. The van der Waals surface area contributed by atoms with Crippen LogP contribution in [0.4, 0.5) is 0 Å². The average molecular weight is 320 g/mol. The lowest BCUT2D eigenvalue weighted by Gasteiger charge is -2.09. The van der Waals surface area contributed by atoms with Crippen LogP contribution in [0.1, 0.15) is 25.0 Å². The second kappa shape index (κ2) is 6.52. The van der Waals surface area contributed by atoms with Crippen LogP contribution >= 0.6 is 0 Å². The van der Waals surface area contributed by atoms with Crippen molar-refractivity contribution in [1.29, 1.82) is 0 Å². The summed E-state index contributed by atoms with van der Waals surface area (Å²) in [6.45, 7) is 7.41. The zero-order valence-corrected chi connectivity index (χ0v) is 14.5. The Bertz CT molecular complexity index is 873. The molecule has 3 heteroatoms. The van der Waals surface area contributed by atoms with Gasteiger partial charge >= 0.3 is 0 Å². The summed E-state index contributed by atoms with van der Waals surface area (Å²) in [6, 6.07) is 15.0. The van der Waals surface area contributed by atoms with Gasteiger partial charge in [0.25, 0.3) is 0 Å². The number of nitrogens with two attached hydrogens (primary N) is 1. The third kappa shape index (κ3) is 3.35. The maximum atomic E-state index is 11.4. The number of nitrogens with zero attached hydrogens (tertiary/aromatic N) is 1. The van der Waals surface area contributed by atoms with Crippen LogP contribution in [0.2, 0.25) is 0 Å². The van der Waals surface area contributed by atoms with Crippen molar-refractivity contribution in [2.45, 2.75) is 33.7 Å². The number of aromatic nitrogens is 1. The fourth-order valence-corrected chi connectivity index (χ4v) is 3.17. The highest BCUT2D eigenvalue weighted by molar-refractivity contribution is 5.92. The van der Waals surface area contributed by atoms with Crippen molar-refractivity contribution in [1.82, 2.24) is 4.57 Å². The first-order valence-electron chi connectivity index (χ1n) is 8.41. The standard InChI is InChI=1S/C21H24N2O/c1-14(2)12-23-13-18(11-21(22)24)19-10-17(8-9-20(19)23)16-6-4-15(3)5-7-16/h4-10,13-14H,11-12H2,1-3H3,(H2,22,24). The number of primary amides is 1. The second-order valence-corrected chi connectivity index (χ2v) is 6.94. The van der Waals surface area contributed by atoms with Crippen molar-refractivity contribution in [3.05, 3.63) is 59.8 Å². The summed E-state index contributed by atoms with van der Waals surface area (Å²) in [7, 11) is 0. The minimum atomic E-state index is -0.292. The van der Waals surface area contributed by atoms with E-state index in [4.69, 9.17) is 5.73 Å². The van der Waals surface area contributed by atoms with E-state index in [2.05, 4.69) is 74.0 Å². The predicted octanol–water partition coefficient (Wildman–Crippen LogP) is 4.30. The smallest absolute Gasteiger partial charge is 0.221 e. The second-order valence-electron chi connectivity index (χ2n) is 6.94. The highest BCUT2D eigenvalue weighted by atomic mass is 16.1. The van der Waals surface area contributed by atoms with E-state index in [-0.39, 0.29) is 12.3 Å². The molecule has 0 radical (unpaired) electrons. The van der Waals surface area contributed by atoms with Crippen molar-refractivity contribution in [3.63, 3.8) is 0 Å². The topological polar surface area (TPSA) is 48.0 Å². The maximum absolute atomic E-state index is 11.4. The zero-order chi connectivity index (χ0) is 17.3. The van der Waals surface area contributed by atoms with Gasteiger partial charge in [0.2, 0.25) is 5.91 Å². The normalized spacial score (nSPS) is 11.3. The fourth-order valence-electron chi connectivity index (χ4n) is 3.17. The van der Waals surface area contributed by atoms with Gasteiger partial charge in [0.05, 0.1) is 6.42 Å². The Hall–Kier alpha value is -2.55. The van der Waals surface area contributed by atoms with Gasteiger partial charge < -0.3 is 10.3 Å². The molecule has 2 aromatic carbocycles. The molecule has 0 aliphatic rings. The van der Waals surface area contributed by atoms with Gasteiger partial charge in [0, 0.05) is 23.6 Å². The number of hydrogen-bond acceptors (Lipinski definition) is 1. The Morgan fingerprint density at radius 1 is 1.08 bits per heavy atom. The molecule has 24 heavy (non-hydrogen) atoms. The summed E-state index contributed by atoms with van der Waals surface area (Å²) in [5.74, 6) is 0.248. The molecule has 1 heterocycles. The number of carbonyl (C=O) groups is 1. The van der Waals surface area contributed by atoms with Crippen LogP contribution in [0.3, 0.4) is 0 Å². The maximum Gasteiger partial charge on any atom is 0.221 e. The van der Waals surface area contributed by atoms with Gasteiger partial charge in [-0.3, -0.25) is 4.79 Å². The quantitative estimate of drug-likeness (QED) is 0.748. The molecule has 0 bridgehead atoms. The molecule has 0 spiro atoms. The van der Waals surface area contributed by atoms with Gasteiger partial charge in [-0.1, -0.05) is 49.7 Å². The minimum absolute atomic E-state index is 0.277. The van der Waals surface area contributed by atoms with Crippen LogP contribution in [-0.2, 0) is 17.8 Å². The third-order valence-electron chi connectivity index (χ3n) is 4.28. The molecule has 3 rings (SSSR count). The van der Waals surface area contributed by atoms with E-state index >= 15 is 0 Å². The Labute approximate surface area is 143 Å². The van der Waals surface area contributed by atoms with Gasteiger partial charge in [0.1, 0.15) is 0 Å². The van der Waals surface area contributed by atoms with E-state index in [9.17, 15) is 4.79 Å². The van der Waals surface area contributed by atoms with Crippen molar-refractivity contribution in [2.24, 2.45) is 11.7 Å². The highest BCUT2D eigenvalue weighted by Gasteiger charge is 2.12. The van der Waals surface area contributed by atoms with E-state index in [1.54, 1.807) is 0 Å². The summed E-state index contributed by atoms with van der Waals surface area (Å²) in [6.07, 6.45) is 2.35. The first-order valence-corrected chi connectivity index (χ1v) is 8.41. The number of carbonyl (C=O) groups excluding carboxylic acids is 1. The molecule has 0 fully saturated rings. The number of hydrogen-bond donors (Lipinski definition) is 1. The molecule has 0 aliphatic heterocycles. The molecule has 0 unspecified atom stereocenters. The SMILES string of the molecule is Cc1ccc(-c2ccc3c(c2)c(CC(N)=O)cn3CC(C)C)cc1. The number of rotatable bonds is 5. The van der Waals surface area contributed by atoms with Crippen molar-refractivity contribution in [2.75, 3.05) is 0 Å². The molecule has 1 aromatic heterocycles. The number of benzene rings is 2. The van der Waals surface area contributed by atoms with Crippen LogP contribution in [0.25, 0.3) is 22.0 Å². The number of amides is 1. The summed E-state index contributed by atoms with van der Waals surface area (Å²) >= 11 is 0. The fraction of sp³-hybridized carbons (Fsp3) is 0.286. The molecule has 1 amide bonds. The molecule has 0 atom stereocenters. The summed E-state index contributed by atoms with van der Waals surface area (Å²) in [5.41, 5.74) is 11.2. The van der Waals surface area contributed by atoms with Crippen LogP contribution in [0.5, 0.6) is 0 Å². The Morgan fingerprint density at radius 3 is 2.38 bits per heavy atom.